The molecule has 18 heavy (non-hydrogen) atoms. The minimum atomic E-state index is -0.460. The molecule has 1 aromatic rings. The van der Waals surface area contributed by atoms with Gasteiger partial charge in [-0.25, -0.2) is 4.39 Å². The molecule has 0 spiro atoms. The second kappa shape index (κ2) is 5.06. The summed E-state index contributed by atoms with van der Waals surface area (Å²) < 4.78 is 13.2. The second-order valence-electron chi connectivity index (χ2n) is 5.10. The van der Waals surface area contributed by atoms with Crippen LogP contribution >= 0.6 is 0 Å². The molecule has 98 valence electrons. The van der Waals surface area contributed by atoms with Gasteiger partial charge in [0.05, 0.1) is 5.41 Å². The van der Waals surface area contributed by atoms with Crippen molar-refractivity contribution in [1.82, 2.24) is 0 Å². The molecule has 1 aliphatic rings. The first-order valence-electron chi connectivity index (χ1n) is 6.35. The first kappa shape index (κ1) is 13.0. The minimum Gasteiger partial charge on any atom is -0.329 e. The van der Waals surface area contributed by atoms with Crippen LogP contribution in [0.2, 0.25) is 0 Å². The van der Waals surface area contributed by atoms with Crippen LogP contribution < -0.4 is 11.1 Å². The lowest BCUT2D eigenvalue weighted by atomic mass is 9.85. The number of halogens is 1. The van der Waals surface area contributed by atoms with Crippen LogP contribution in [0.25, 0.3) is 0 Å². The van der Waals surface area contributed by atoms with E-state index in [1.807, 2.05) is 6.92 Å². The molecule has 3 nitrogen and oxygen atoms in total. The summed E-state index contributed by atoms with van der Waals surface area (Å²) in [5.74, 6) is -0.416. The maximum Gasteiger partial charge on any atom is 0.231 e. The lowest BCUT2D eigenvalue weighted by molar-refractivity contribution is -0.124. The van der Waals surface area contributed by atoms with Crippen molar-refractivity contribution < 1.29 is 9.18 Å². The molecule has 2 rings (SSSR count). The molecule has 1 fully saturated rings. The van der Waals surface area contributed by atoms with Gasteiger partial charge in [-0.15, -0.1) is 0 Å². The summed E-state index contributed by atoms with van der Waals surface area (Å²) in [5, 5.41) is 2.83. The Balaban J connectivity index is 2.18. The molecule has 0 aliphatic heterocycles. The maximum atomic E-state index is 13.2. The zero-order valence-corrected chi connectivity index (χ0v) is 10.6. The number of aryl methyl sites for hydroxylation is 1. The van der Waals surface area contributed by atoms with Crippen molar-refractivity contribution in [1.29, 1.82) is 0 Å². The molecular weight excluding hydrogens is 231 g/mol. The van der Waals surface area contributed by atoms with Crippen LogP contribution in [-0.2, 0) is 4.79 Å². The van der Waals surface area contributed by atoms with E-state index in [4.69, 9.17) is 5.73 Å². The fourth-order valence-electron chi connectivity index (χ4n) is 2.56. The van der Waals surface area contributed by atoms with Gasteiger partial charge in [-0.2, -0.15) is 0 Å². The molecule has 4 heteroatoms. The summed E-state index contributed by atoms with van der Waals surface area (Å²) >= 11 is 0. The molecule has 0 atom stereocenters. The van der Waals surface area contributed by atoms with E-state index < -0.39 is 5.41 Å². The lowest BCUT2D eigenvalue weighted by Crippen LogP contribution is -2.40. The first-order valence-corrected chi connectivity index (χ1v) is 6.35. The Bertz CT molecular complexity index is 453. The topological polar surface area (TPSA) is 55.1 Å². The average molecular weight is 250 g/mol. The summed E-state index contributed by atoms with van der Waals surface area (Å²) in [6.07, 6.45) is 3.72. The minimum absolute atomic E-state index is 0.0730. The highest BCUT2D eigenvalue weighted by atomic mass is 19.1. The molecule has 0 heterocycles. The van der Waals surface area contributed by atoms with Crippen molar-refractivity contribution in [2.45, 2.75) is 32.6 Å². The maximum absolute atomic E-state index is 13.2. The van der Waals surface area contributed by atoms with Gasteiger partial charge in [-0.3, -0.25) is 4.79 Å². The lowest BCUT2D eigenvalue weighted by Gasteiger charge is -2.26. The van der Waals surface area contributed by atoms with Gasteiger partial charge in [0.25, 0.3) is 0 Å². The van der Waals surface area contributed by atoms with E-state index in [-0.39, 0.29) is 11.7 Å². The fourth-order valence-corrected chi connectivity index (χ4v) is 2.56. The van der Waals surface area contributed by atoms with Gasteiger partial charge >= 0.3 is 0 Å². The Morgan fingerprint density at radius 3 is 2.72 bits per heavy atom. The molecule has 0 radical (unpaired) electrons. The Morgan fingerprint density at radius 1 is 1.44 bits per heavy atom. The summed E-state index contributed by atoms with van der Waals surface area (Å²) in [7, 11) is 0. The van der Waals surface area contributed by atoms with E-state index in [0.717, 1.165) is 31.2 Å². The number of carbonyl (C=O) groups is 1. The molecule has 0 saturated heterocycles. The highest BCUT2D eigenvalue weighted by molar-refractivity contribution is 5.96. The molecule has 1 saturated carbocycles. The van der Waals surface area contributed by atoms with Gasteiger partial charge in [-0.05, 0) is 37.5 Å². The van der Waals surface area contributed by atoms with Crippen LogP contribution in [-0.4, -0.2) is 12.5 Å². The van der Waals surface area contributed by atoms with Crippen molar-refractivity contribution in [3.8, 4) is 0 Å². The number of nitrogens with two attached hydrogens (primary N) is 1. The van der Waals surface area contributed by atoms with Crippen molar-refractivity contribution in [2.24, 2.45) is 11.1 Å². The smallest absolute Gasteiger partial charge is 0.231 e. The van der Waals surface area contributed by atoms with Crippen molar-refractivity contribution in [2.75, 3.05) is 11.9 Å². The van der Waals surface area contributed by atoms with Gasteiger partial charge in [0.2, 0.25) is 5.91 Å². The molecule has 0 aromatic heterocycles. The first-order chi connectivity index (χ1) is 8.57. The quantitative estimate of drug-likeness (QED) is 0.866. The van der Waals surface area contributed by atoms with Gasteiger partial charge in [-0.1, -0.05) is 18.9 Å². The highest BCUT2D eigenvalue weighted by Crippen LogP contribution is 2.38. The number of nitrogens with one attached hydrogen (secondary N) is 1. The monoisotopic (exact) mass is 250 g/mol. The van der Waals surface area contributed by atoms with Gasteiger partial charge in [0, 0.05) is 12.2 Å². The van der Waals surface area contributed by atoms with E-state index >= 15 is 0 Å². The number of carbonyl (C=O) groups excluding carboxylic acids is 1. The standard InChI is InChI=1S/C14H19FN2O/c1-10-4-5-11(15)8-12(10)17-13(18)14(9-16)6-2-3-7-14/h4-5,8H,2-3,6-7,9,16H2,1H3,(H,17,18). The van der Waals surface area contributed by atoms with E-state index in [1.165, 1.54) is 12.1 Å². The van der Waals surface area contributed by atoms with Crippen LogP contribution in [0, 0.1) is 18.2 Å². The van der Waals surface area contributed by atoms with Crippen molar-refractivity contribution >= 4 is 11.6 Å². The van der Waals surface area contributed by atoms with Gasteiger partial charge < -0.3 is 11.1 Å². The second-order valence-corrected chi connectivity index (χ2v) is 5.10. The number of amides is 1. The van der Waals surface area contributed by atoms with Crippen LogP contribution in [0.5, 0.6) is 0 Å². The Labute approximate surface area is 107 Å². The Kier molecular flexibility index (Phi) is 3.66. The average Bonchev–Trinajstić information content (AvgIpc) is 2.84. The number of anilines is 1. The predicted octanol–water partition coefficient (Wildman–Crippen LogP) is 2.59. The summed E-state index contributed by atoms with van der Waals surface area (Å²) in [5.41, 5.74) is 6.69. The molecule has 1 amide bonds. The molecule has 0 bridgehead atoms. The third-order valence-corrected chi connectivity index (χ3v) is 3.88. The van der Waals surface area contributed by atoms with E-state index in [2.05, 4.69) is 5.32 Å². The molecule has 1 aliphatic carbocycles. The van der Waals surface area contributed by atoms with Gasteiger partial charge in [0.1, 0.15) is 5.82 Å². The fraction of sp³-hybridized carbons (Fsp3) is 0.500. The zero-order chi connectivity index (χ0) is 13.2. The molecule has 1 aromatic carbocycles. The summed E-state index contributed by atoms with van der Waals surface area (Å²) in [6.45, 7) is 2.20. The summed E-state index contributed by atoms with van der Waals surface area (Å²) in [4.78, 5) is 12.3. The SMILES string of the molecule is Cc1ccc(F)cc1NC(=O)C1(CN)CCCC1. The Hall–Kier alpha value is -1.42. The largest absolute Gasteiger partial charge is 0.329 e. The normalized spacial score (nSPS) is 17.7. The van der Waals surface area contributed by atoms with E-state index in [0.29, 0.717) is 12.2 Å². The molecule has 0 unspecified atom stereocenters. The van der Waals surface area contributed by atoms with Gasteiger partial charge in [0.15, 0.2) is 0 Å². The number of benzene rings is 1. The summed E-state index contributed by atoms with van der Waals surface area (Å²) in [6, 6.07) is 4.40. The van der Waals surface area contributed by atoms with Crippen molar-refractivity contribution in [3.05, 3.63) is 29.6 Å². The Morgan fingerprint density at radius 2 is 2.11 bits per heavy atom. The van der Waals surface area contributed by atoms with Crippen LogP contribution in [0.1, 0.15) is 31.2 Å². The third kappa shape index (κ3) is 2.38. The number of hydrogen-bond donors (Lipinski definition) is 2. The van der Waals surface area contributed by atoms with Crippen LogP contribution in [0.15, 0.2) is 18.2 Å². The third-order valence-electron chi connectivity index (χ3n) is 3.88. The van der Waals surface area contributed by atoms with Crippen LogP contribution in [0.3, 0.4) is 0 Å². The van der Waals surface area contributed by atoms with E-state index in [9.17, 15) is 9.18 Å². The zero-order valence-electron chi connectivity index (χ0n) is 10.6. The predicted molar refractivity (Wildman–Crippen MR) is 69.7 cm³/mol. The highest BCUT2D eigenvalue weighted by Gasteiger charge is 2.39. The molecule has 3 N–H and O–H groups in total. The van der Waals surface area contributed by atoms with Crippen LogP contribution in [0.4, 0.5) is 10.1 Å². The van der Waals surface area contributed by atoms with Crippen molar-refractivity contribution in [3.63, 3.8) is 0 Å². The molecular formula is C14H19FN2O. The number of hydrogen-bond acceptors (Lipinski definition) is 2. The van der Waals surface area contributed by atoms with E-state index in [1.54, 1.807) is 6.07 Å². The number of rotatable bonds is 3.